The molecule has 3 heterocycles. The molecule has 2 aliphatic heterocycles. The number of esters is 1. The lowest BCUT2D eigenvalue weighted by molar-refractivity contribution is 0.0591. The number of rotatable bonds is 5. The molecule has 2 aliphatic rings. The number of hydrogen-bond donors (Lipinski definition) is 1. The first kappa shape index (κ1) is 18.4. The average molecular weight is 388 g/mol. The minimum atomic E-state index is -0.557. The maximum absolute atomic E-state index is 12.5. The van der Waals surface area contributed by atoms with E-state index in [0.717, 1.165) is 0 Å². The van der Waals surface area contributed by atoms with Crippen molar-refractivity contribution in [2.24, 2.45) is 0 Å². The second-order valence-corrected chi connectivity index (χ2v) is 6.55. The SMILES string of the molecule is COC(=O)c1cn([C@H]2CO[C@H]3[C@H]2OC[C@H]3NC(=O)c2ccc(OC)cc2)nn1. The number of hydrogen-bond acceptors (Lipinski definition) is 8. The van der Waals surface area contributed by atoms with Gasteiger partial charge in [0.15, 0.2) is 5.69 Å². The molecule has 148 valence electrons. The molecule has 1 amide bonds. The summed E-state index contributed by atoms with van der Waals surface area (Å²) >= 11 is 0. The quantitative estimate of drug-likeness (QED) is 0.723. The Morgan fingerprint density at radius 2 is 1.89 bits per heavy atom. The molecular weight excluding hydrogens is 368 g/mol. The maximum atomic E-state index is 12.5. The minimum absolute atomic E-state index is 0.119. The fourth-order valence-electron chi connectivity index (χ4n) is 3.46. The van der Waals surface area contributed by atoms with Gasteiger partial charge in [0, 0.05) is 5.56 Å². The Hall–Kier alpha value is -2.98. The molecule has 2 saturated heterocycles. The van der Waals surface area contributed by atoms with Crippen molar-refractivity contribution >= 4 is 11.9 Å². The van der Waals surface area contributed by atoms with Gasteiger partial charge in [-0.1, -0.05) is 5.21 Å². The zero-order chi connectivity index (χ0) is 19.7. The molecule has 0 spiro atoms. The standard InChI is InChI=1S/C18H20N4O6/c1-25-11-5-3-10(4-6-11)17(23)19-13-8-27-16-14(9-28-15(13)16)22-7-12(20-21-22)18(24)26-2/h3-7,13-16H,8-9H2,1-2H3,(H,19,23)/t13-,14+,15-,16+/m1/s1. The van der Waals surface area contributed by atoms with E-state index >= 15 is 0 Å². The summed E-state index contributed by atoms with van der Waals surface area (Å²) in [6.45, 7) is 0.667. The number of nitrogens with zero attached hydrogens (tertiary/aromatic N) is 3. The molecule has 4 atom stereocenters. The number of nitrogens with one attached hydrogen (secondary N) is 1. The Labute approximate surface area is 160 Å². The molecule has 2 fully saturated rings. The third-order valence-corrected chi connectivity index (χ3v) is 4.94. The van der Waals surface area contributed by atoms with Crippen molar-refractivity contribution in [3.8, 4) is 5.75 Å². The molecule has 1 aromatic carbocycles. The van der Waals surface area contributed by atoms with Gasteiger partial charge in [-0.15, -0.1) is 5.10 Å². The summed E-state index contributed by atoms with van der Waals surface area (Å²) in [5.41, 5.74) is 0.645. The van der Waals surface area contributed by atoms with Crippen LogP contribution in [-0.2, 0) is 14.2 Å². The number of benzene rings is 1. The summed E-state index contributed by atoms with van der Waals surface area (Å²) in [5, 5.41) is 10.8. The van der Waals surface area contributed by atoms with Gasteiger partial charge < -0.3 is 24.3 Å². The Morgan fingerprint density at radius 1 is 1.14 bits per heavy atom. The first-order chi connectivity index (χ1) is 13.6. The van der Waals surface area contributed by atoms with Crippen molar-refractivity contribution in [3.63, 3.8) is 0 Å². The van der Waals surface area contributed by atoms with Crippen LogP contribution < -0.4 is 10.1 Å². The van der Waals surface area contributed by atoms with Crippen LogP contribution in [0.4, 0.5) is 0 Å². The predicted molar refractivity (Wildman–Crippen MR) is 94.1 cm³/mol. The molecule has 0 radical (unpaired) electrons. The van der Waals surface area contributed by atoms with Gasteiger partial charge in [-0.2, -0.15) is 0 Å². The van der Waals surface area contributed by atoms with Gasteiger partial charge in [-0.05, 0) is 24.3 Å². The molecule has 10 nitrogen and oxygen atoms in total. The highest BCUT2D eigenvalue weighted by Crippen LogP contribution is 2.34. The summed E-state index contributed by atoms with van der Waals surface area (Å²) in [6.07, 6.45) is 0.904. The molecule has 1 aromatic heterocycles. The third-order valence-electron chi connectivity index (χ3n) is 4.94. The van der Waals surface area contributed by atoms with E-state index in [4.69, 9.17) is 14.2 Å². The number of carbonyl (C=O) groups excluding carboxylic acids is 2. The predicted octanol–water partition coefficient (Wildman–Crippen LogP) is 0.211. The van der Waals surface area contributed by atoms with Gasteiger partial charge in [0.1, 0.15) is 24.0 Å². The molecule has 4 rings (SSSR count). The van der Waals surface area contributed by atoms with Crippen LogP contribution in [0, 0.1) is 0 Å². The lowest BCUT2D eigenvalue weighted by Gasteiger charge is -2.18. The zero-order valence-corrected chi connectivity index (χ0v) is 15.4. The highest BCUT2D eigenvalue weighted by Gasteiger charge is 2.49. The molecule has 0 unspecified atom stereocenters. The Bertz CT molecular complexity index is 867. The number of amides is 1. The summed E-state index contributed by atoms with van der Waals surface area (Å²) in [4.78, 5) is 24.1. The summed E-state index contributed by atoms with van der Waals surface area (Å²) in [7, 11) is 2.86. The van der Waals surface area contributed by atoms with E-state index in [1.807, 2.05) is 0 Å². The molecule has 28 heavy (non-hydrogen) atoms. The number of carbonyl (C=O) groups is 2. The van der Waals surface area contributed by atoms with Crippen LogP contribution in [0.5, 0.6) is 5.75 Å². The van der Waals surface area contributed by atoms with Crippen molar-refractivity contribution in [2.75, 3.05) is 27.4 Å². The first-order valence-electron chi connectivity index (χ1n) is 8.79. The number of ether oxygens (including phenoxy) is 4. The number of aromatic nitrogens is 3. The fourth-order valence-corrected chi connectivity index (χ4v) is 3.46. The Balaban J connectivity index is 1.41. The molecule has 0 saturated carbocycles. The smallest absolute Gasteiger partial charge is 0.360 e. The largest absolute Gasteiger partial charge is 0.497 e. The van der Waals surface area contributed by atoms with Gasteiger partial charge in [-0.3, -0.25) is 4.79 Å². The van der Waals surface area contributed by atoms with E-state index in [2.05, 4.69) is 20.4 Å². The summed E-state index contributed by atoms with van der Waals surface area (Å²) in [6, 6.07) is 6.34. The summed E-state index contributed by atoms with van der Waals surface area (Å²) in [5.74, 6) is -0.0849. The van der Waals surface area contributed by atoms with Gasteiger partial charge >= 0.3 is 5.97 Å². The van der Waals surface area contributed by atoms with Crippen LogP contribution in [0.1, 0.15) is 26.9 Å². The molecule has 10 heteroatoms. The van der Waals surface area contributed by atoms with Crippen LogP contribution in [0.15, 0.2) is 30.5 Å². The maximum Gasteiger partial charge on any atom is 0.360 e. The van der Waals surface area contributed by atoms with Crippen molar-refractivity contribution in [2.45, 2.75) is 24.3 Å². The highest BCUT2D eigenvalue weighted by molar-refractivity contribution is 5.94. The van der Waals surface area contributed by atoms with Crippen LogP contribution in [0.2, 0.25) is 0 Å². The van der Waals surface area contributed by atoms with Crippen molar-refractivity contribution in [1.82, 2.24) is 20.3 Å². The van der Waals surface area contributed by atoms with Gasteiger partial charge in [0.05, 0.1) is 39.7 Å². The topological polar surface area (TPSA) is 114 Å². The van der Waals surface area contributed by atoms with E-state index < -0.39 is 5.97 Å². The fraction of sp³-hybridized carbons (Fsp3) is 0.444. The first-order valence-corrected chi connectivity index (χ1v) is 8.79. The van der Waals surface area contributed by atoms with E-state index in [-0.39, 0.29) is 35.9 Å². The molecular formula is C18H20N4O6. The zero-order valence-electron chi connectivity index (χ0n) is 15.4. The van der Waals surface area contributed by atoms with Gasteiger partial charge in [-0.25, -0.2) is 9.48 Å². The van der Waals surface area contributed by atoms with E-state index in [1.165, 1.54) is 13.3 Å². The average Bonchev–Trinajstić information content (AvgIpc) is 3.44. The van der Waals surface area contributed by atoms with Crippen molar-refractivity contribution in [1.29, 1.82) is 0 Å². The van der Waals surface area contributed by atoms with Crippen LogP contribution >= 0.6 is 0 Å². The van der Waals surface area contributed by atoms with E-state index in [0.29, 0.717) is 24.5 Å². The normalized spacial score (nSPS) is 25.9. The molecule has 2 aromatic rings. The second-order valence-electron chi connectivity index (χ2n) is 6.55. The monoisotopic (exact) mass is 388 g/mol. The van der Waals surface area contributed by atoms with E-state index in [1.54, 1.807) is 36.1 Å². The highest BCUT2D eigenvalue weighted by atomic mass is 16.6. The summed E-state index contributed by atoms with van der Waals surface area (Å²) < 4.78 is 23.0. The second kappa shape index (κ2) is 7.56. The van der Waals surface area contributed by atoms with Gasteiger partial charge in [0.25, 0.3) is 5.91 Å². The molecule has 0 bridgehead atoms. The number of fused-ring (bicyclic) bond motifs is 1. The van der Waals surface area contributed by atoms with Crippen molar-refractivity contribution < 1.29 is 28.5 Å². The van der Waals surface area contributed by atoms with Crippen LogP contribution in [-0.4, -0.2) is 72.6 Å². The number of methoxy groups -OCH3 is 2. The van der Waals surface area contributed by atoms with Gasteiger partial charge in [0.2, 0.25) is 0 Å². The third kappa shape index (κ3) is 3.32. The van der Waals surface area contributed by atoms with Crippen molar-refractivity contribution in [3.05, 3.63) is 41.7 Å². The lowest BCUT2D eigenvalue weighted by Crippen LogP contribution is -2.44. The van der Waals surface area contributed by atoms with Crippen LogP contribution in [0.25, 0.3) is 0 Å². The Morgan fingerprint density at radius 3 is 2.61 bits per heavy atom. The lowest BCUT2D eigenvalue weighted by atomic mass is 10.1. The van der Waals surface area contributed by atoms with E-state index in [9.17, 15) is 9.59 Å². The molecule has 1 N–H and O–H groups in total. The van der Waals surface area contributed by atoms with Crippen LogP contribution in [0.3, 0.4) is 0 Å². The minimum Gasteiger partial charge on any atom is -0.497 e. The Kier molecular flexibility index (Phi) is 4.97. The molecule has 0 aliphatic carbocycles.